The van der Waals surface area contributed by atoms with Crippen LogP contribution in [0.2, 0.25) is 10.0 Å². The van der Waals surface area contributed by atoms with E-state index in [1.165, 1.54) is 36.4 Å². The number of halogens is 2. The second-order valence-corrected chi connectivity index (χ2v) is 9.11. The Bertz CT molecular complexity index is 933. The molecule has 2 aromatic rings. The van der Waals surface area contributed by atoms with E-state index in [1.807, 2.05) is 0 Å². The predicted octanol–water partition coefficient (Wildman–Crippen LogP) is 2.20. The molecule has 23 heavy (non-hydrogen) atoms. The van der Waals surface area contributed by atoms with E-state index in [9.17, 15) is 16.8 Å². The van der Waals surface area contributed by atoms with Gasteiger partial charge in [-0.05, 0) is 29.8 Å². The Hall–Kier alpha value is -1.32. The molecule has 4 N–H and O–H groups in total. The second-order valence-electron chi connectivity index (χ2n) is 4.75. The van der Waals surface area contributed by atoms with E-state index in [0.717, 1.165) is 0 Å². The maximum Gasteiger partial charge on any atom is 0.238 e. The van der Waals surface area contributed by atoms with Crippen LogP contribution in [0.3, 0.4) is 0 Å². The van der Waals surface area contributed by atoms with Crippen molar-refractivity contribution in [2.45, 2.75) is 15.5 Å². The lowest BCUT2D eigenvalue weighted by atomic mass is 10.2. The smallest absolute Gasteiger partial charge is 0.238 e. The lowest BCUT2D eigenvalue weighted by Gasteiger charge is -2.08. The SMILES string of the molecule is Nc1c(Cl)cc(S(=O)(=O)Cc2ccc(S(N)(=O)=O)cc2)cc1Cl. The Morgan fingerprint density at radius 2 is 1.35 bits per heavy atom. The lowest BCUT2D eigenvalue weighted by Crippen LogP contribution is -2.12. The molecule has 0 radical (unpaired) electrons. The summed E-state index contributed by atoms with van der Waals surface area (Å²) in [6, 6.07) is 7.66. The maximum absolute atomic E-state index is 12.4. The molecule has 0 fully saturated rings. The van der Waals surface area contributed by atoms with E-state index >= 15 is 0 Å². The van der Waals surface area contributed by atoms with E-state index in [4.69, 9.17) is 34.1 Å². The van der Waals surface area contributed by atoms with Crippen LogP contribution >= 0.6 is 23.2 Å². The van der Waals surface area contributed by atoms with Gasteiger partial charge in [0.2, 0.25) is 10.0 Å². The number of anilines is 1. The molecule has 0 aliphatic carbocycles. The van der Waals surface area contributed by atoms with Crippen LogP contribution in [0.15, 0.2) is 46.2 Å². The minimum Gasteiger partial charge on any atom is -0.396 e. The van der Waals surface area contributed by atoms with E-state index in [1.54, 1.807) is 0 Å². The van der Waals surface area contributed by atoms with Gasteiger partial charge in [-0.1, -0.05) is 35.3 Å². The average Bonchev–Trinajstić information content (AvgIpc) is 2.43. The van der Waals surface area contributed by atoms with Gasteiger partial charge in [0.05, 0.1) is 31.3 Å². The molecule has 0 heterocycles. The summed E-state index contributed by atoms with van der Waals surface area (Å²) in [5, 5.41) is 5.07. The van der Waals surface area contributed by atoms with Gasteiger partial charge in [0, 0.05) is 0 Å². The fraction of sp³-hybridized carbons (Fsp3) is 0.0769. The van der Waals surface area contributed by atoms with Crippen molar-refractivity contribution in [3.63, 3.8) is 0 Å². The third-order valence-corrected chi connectivity index (χ3v) is 6.24. The number of nitrogens with two attached hydrogens (primary N) is 2. The van der Waals surface area contributed by atoms with Crippen molar-refractivity contribution in [3.05, 3.63) is 52.0 Å². The Kier molecular flexibility index (Phi) is 4.93. The van der Waals surface area contributed by atoms with E-state index in [0.29, 0.717) is 5.56 Å². The zero-order valence-electron chi connectivity index (χ0n) is 11.5. The molecule has 2 aromatic carbocycles. The normalized spacial score (nSPS) is 12.3. The van der Waals surface area contributed by atoms with Crippen molar-refractivity contribution in [1.29, 1.82) is 0 Å². The summed E-state index contributed by atoms with van der Waals surface area (Å²) in [7, 11) is -7.56. The number of rotatable bonds is 4. The topological polar surface area (TPSA) is 120 Å². The van der Waals surface area contributed by atoms with Gasteiger partial charge in [-0.3, -0.25) is 0 Å². The average molecular weight is 395 g/mol. The summed E-state index contributed by atoms with van der Waals surface area (Å²) in [4.78, 5) is -0.172. The maximum atomic E-state index is 12.4. The van der Waals surface area contributed by atoms with Gasteiger partial charge in [-0.15, -0.1) is 0 Å². The third kappa shape index (κ3) is 4.15. The van der Waals surface area contributed by atoms with Gasteiger partial charge in [-0.2, -0.15) is 0 Å². The van der Waals surface area contributed by atoms with Crippen LogP contribution in [0.1, 0.15) is 5.56 Å². The highest BCUT2D eigenvalue weighted by Crippen LogP contribution is 2.31. The zero-order chi connectivity index (χ0) is 17.4. The third-order valence-electron chi connectivity index (χ3n) is 3.02. The Morgan fingerprint density at radius 3 is 1.78 bits per heavy atom. The Balaban J connectivity index is 2.35. The van der Waals surface area contributed by atoms with Crippen molar-refractivity contribution in [3.8, 4) is 0 Å². The highest BCUT2D eigenvalue weighted by molar-refractivity contribution is 7.90. The van der Waals surface area contributed by atoms with Crippen LogP contribution in [-0.4, -0.2) is 16.8 Å². The molecule has 0 aromatic heterocycles. The molecule has 0 saturated carbocycles. The van der Waals surface area contributed by atoms with Crippen molar-refractivity contribution in [1.82, 2.24) is 0 Å². The summed E-state index contributed by atoms with van der Waals surface area (Å²) in [6.07, 6.45) is 0. The molecule has 0 bridgehead atoms. The lowest BCUT2D eigenvalue weighted by molar-refractivity contribution is 0.595. The Labute approximate surface area is 144 Å². The number of primary sulfonamides is 1. The fourth-order valence-corrected chi connectivity index (χ4v) is 4.34. The van der Waals surface area contributed by atoms with E-state index in [2.05, 4.69) is 0 Å². The summed E-state index contributed by atoms with van der Waals surface area (Å²) >= 11 is 11.7. The van der Waals surface area contributed by atoms with Crippen LogP contribution in [0.5, 0.6) is 0 Å². The summed E-state index contributed by atoms with van der Waals surface area (Å²) in [5.74, 6) is -0.353. The monoisotopic (exact) mass is 394 g/mol. The van der Waals surface area contributed by atoms with Gasteiger partial charge in [0.25, 0.3) is 0 Å². The standard InChI is InChI=1S/C13H12Cl2N2O4S2/c14-11-5-10(6-12(15)13(11)16)22(18,19)7-8-1-3-9(4-2-8)23(17,20)21/h1-6H,7,16H2,(H2,17,20,21). The molecule has 0 aliphatic heterocycles. The molecule has 0 spiro atoms. The van der Waals surface area contributed by atoms with E-state index < -0.39 is 19.9 Å². The molecular formula is C13H12Cl2N2O4S2. The van der Waals surface area contributed by atoms with Gasteiger partial charge < -0.3 is 5.73 Å². The zero-order valence-corrected chi connectivity index (χ0v) is 14.7. The molecule has 0 atom stereocenters. The van der Waals surface area contributed by atoms with Gasteiger partial charge in [0.1, 0.15) is 0 Å². The first kappa shape index (κ1) is 18.0. The molecule has 0 saturated heterocycles. The number of sulfonamides is 1. The first-order valence-electron chi connectivity index (χ1n) is 6.10. The van der Waals surface area contributed by atoms with Crippen molar-refractivity contribution in [2.75, 3.05) is 5.73 Å². The van der Waals surface area contributed by atoms with Crippen molar-refractivity contribution < 1.29 is 16.8 Å². The molecule has 0 amide bonds. The molecule has 10 heteroatoms. The molecule has 6 nitrogen and oxygen atoms in total. The number of hydrogen-bond acceptors (Lipinski definition) is 5. The summed E-state index contributed by atoms with van der Waals surface area (Å²) in [5.41, 5.74) is 6.07. The van der Waals surface area contributed by atoms with Crippen molar-refractivity contribution >= 4 is 48.7 Å². The van der Waals surface area contributed by atoms with E-state index in [-0.39, 0.29) is 31.3 Å². The van der Waals surface area contributed by atoms with Crippen LogP contribution in [0.4, 0.5) is 5.69 Å². The second kappa shape index (κ2) is 6.29. The highest BCUT2D eigenvalue weighted by atomic mass is 35.5. The fourth-order valence-electron chi connectivity index (χ4n) is 1.82. The molecule has 2 rings (SSSR count). The molecule has 124 valence electrons. The minimum absolute atomic E-state index is 0.0423. The van der Waals surface area contributed by atoms with Crippen molar-refractivity contribution in [2.24, 2.45) is 5.14 Å². The number of nitrogen functional groups attached to an aromatic ring is 1. The quantitative estimate of drug-likeness (QED) is 0.769. The van der Waals surface area contributed by atoms with Gasteiger partial charge in [0.15, 0.2) is 9.84 Å². The summed E-state index contributed by atoms with van der Waals surface area (Å²) in [6.45, 7) is 0. The molecule has 0 unspecified atom stereocenters. The van der Waals surface area contributed by atoms with Crippen LogP contribution < -0.4 is 10.9 Å². The molecule has 0 aliphatic rings. The number of hydrogen-bond donors (Lipinski definition) is 2. The highest BCUT2D eigenvalue weighted by Gasteiger charge is 2.19. The minimum atomic E-state index is -3.83. The van der Waals surface area contributed by atoms with Crippen LogP contribution in [-0.2, 0) is 25.6 Å². The largest absolute Gasteiger partial charge is 0.396 e. The van der Waals surface area contributed by atoms with Crippen LogP contribution in [0, 0.1) is 0 Å². The summed E-state index contributed by atoms with van der Waals surface area (Å²) < 4.78 is 47.1. The predicted molar refractivity (Wildman–Crippen MR) is 89.6 cm³/mol. The van der Waals surface area contributed by atoms with Gasteiger partial charge >= 0.3 is 0 Å². The van der Waals surface area contributed by atoms with Crippen LogP contribution in [0.25, 0.3) is 0 Å². The molecular weight excluding hydrogens is 383 g/mol. The number of benzene rings is 2. The number of sulfone groups is 1. The van der Waals surface area contributed by atoms with Gasteiger partial charge in [-0.25, -0.2) is 22.0 Å². The first-order chi connectivity index (χ1) is 10.5. The Morgan fingerprint density at radius 1 is 0.870 bits per heavy atom. The first-order valence-corrected chi connectivity index (χ1v) is 10.1.